The molecule has 8 unspecified atom stereocenters. The maximum absolute atomic E-state index is 5.54. The lowest BCUT2D eigenvalue weighted by molar-refractivity contribution is -0.0599. The van der Waals surface area contributed by atoms with Gasteiger partial charge in [0.1, 0.15) is 0 Å². The van der Waals surface area contributed by atoms with E-state index >= 15 is 0 Å². The number of nitrogens with zero attached hydrogens (tertiary/aromatic N) is 1. The summed E-state index contributed by atoms with van der Waals surface area (Å²) in [7, 11) is 1.65. The van der Waals surface area contributed by atoms with Crippen molar-refractivity contribution in [2.45, 2.75) is 96.5 Å². The highest BCUT2D eigenvalue weighted by Gasteiger charge is 2.57. The molecule has 0 radical (unpaired) electrons. The molecule has 0 amide bonds. The Kier molecular flexibility index (Phi) is 6.77. The topological polar surface area (TPSA) is 26.0 Å². The summed E-state index contributed by atoms with van der Waals surface area (Å²) < 4.78 is 5.54. The van der Waals surface area contributed by atoms with Gasteiger partial charge in [0.2, 0.25) is 5.09 Å². The number of rotatable bonds is 2. The van der Waals surface area contributed by atoms with E-state index in [1.165, 1.54) is 63.5 Å². The van der Waals surface area contributed by atoms with E-state index in [-0.39, 0.29) is 0 Å². The van der Waals surface area contributed by atoms with Gasteiger partial charge in [-0.15, -0.1) is 0 Å². The van der Waals surface area contributed by atoms with Crippen molar-refractivity contribution >= 4 is 30.1 Å². The number of aromatic nitrogens is 1. The summed E-state index contributed by atoms with van der Waals surface area (Å²) in [6.45, 7) is 9.09. The monoisotopic (exact) mass is 515 g/mol. The fourth-order valence-corrected chi connectivity index (χ4v) is 8.90. The van der Waals surface area contributed by atoms with Gasteiger partial charge in [-0.2, -0.15) is 0 Å². The molecule has 1 aromatic heterocycles. The van der Waals surface area contributed by atoms with Gasteiger partial charge in [-0.05, 0) is 101 Å². The van der Waals surface area contributed by atoms with Crippen LogP contribution in [-0.2, 0) is 0 Å². The second-order valence-corrected chi connectivity index (χ2v) is 12.1. The Bertz CT molecular complexity index is 663. The van der Waals surface area contributed by atoms with Gasteiger partial charge in [-0.1, -0.05) is 39.3 Å². The number of fused-ring (bicyclic) bond motifs is 5. The molecule has 0 bridgehead atoms. The summed E-state index contributed by atoms with van der Waals surface area (Å²) in [5, 5.41) is 5.45. The van der Waals surface area contributed by atoms with Crippen molar-refractivity contribution in [2.24, 2.45) is 40.9 Å². The van der Waals surface area contributed by atoms with Gasteiger partial charge in [0.15, 0.2) is 0 Å². The molecule has 0 saturated heterocycles. The molecule has 0 aliphatic heterocycles. The molecule has 28 heavy (non-hydrogen) atoms. The van der Waals surface area contributed by atoms with Crippen LogP contribution in [0.5, 0.6) is 0 Å². The first-order valence-corrected chi connectivity index (χ1v) is 15.2. The Morgan fingerprint density at radius 2 is 1.82 bits per heavy atom. The average Bonchev–Trinajstić information content (AvgIpc) is 3.32. The second-order valence-electron chi connectivity index (χ2n) is 10.2. The minimum Gasteiger partial charge on any atom is -0.349 e. The molecule has 0 N–H and O–H groups in total. The van der Waals surface area contributed by atoms with Crippen LogP contribution in [-0.4, -0.2) is 5.16 Å². The minimum absolute atomic E-state index is 0.458. The number of hydrogen-bond donors (Lipinski definition) is 0. The summed E-state index contributed by atoms with van der Waals surface area (Å²) in [5.41, 5.74) is 1.70. The Hall–Kier alpha value is 0.290. The van der Waals surface area contributed by atoms with Crippen molar-refractivity contribution in [2.75, 3.05) is 0 Å². The molecule has 5 rings (SSSR count). The predicted molar refractivity (Wildman–Crippen MR) is 127 cm³/mol. The number of hydrogen-bond acceptors (Lipinski definition) is 3. The van der Waals surface area contributed by atoms with Crippen LogP contribution in [0.4, 0.5) is 0 Å². The minimum atomic E-state index is 0.458. The molecular formula is C24H38INOS. The largest absolute Gasteiger partial charge is 0.349 e. The number of halogens is 1. The van der Waals surface area contributed by atoms with Gasteiger partial charge < -0.3 is 4.52 Å². The molecule has 1 aromatic rings. The van der Waals surface area contributed by atoms with Crippen molar-refractivity contribution in [3.8, 4) is 0 Å². The van der Waals surface area contributed by atoms with Crippen LogP contribution < -0.4 is 0 Å². The third kappa shape index (κ3) is 3.61. The predicted octanol–water partition coefficient (Wildman–Crippen LogP) is 8.52. The maximum atomic E-state index is 5.54. The van der Waals surface area contributed by atoms with Crippen LogP contribution in [0, 0.1) is 40.9 Å². The third-order valence-corrected chi connectivity index (χ3v) is 10.8. The summed E-state index contributed by atoms with van der Waals surface area (Å²) in [6.07, 6.45) is 13.2. The van der Waals surface area contributed by atoms with Crippen molar-refractivity contribution in [1.82, 2.24) is 5.16 Å². The lowest BCUT2D eigenvalue weighted by Crippen LogP contribution is -2.48. The van der Waals surface area contributed by atoms with E-state index in [0.29, 0.717) is 11.3 Å². The van der Waals surface area contributed by atoms with Gasteiger partial charge in [0.25, 0.3) is 0 Å². The first-order valence-electron chi connectivity index (χ1n) is 11.9. The van der Waals surface area contributed by atoms with E-state index in [4.69, 9.17) is 4.52 Å². The smallest absolute Gasteiger partial charge is 0.203 e. The van der Waals surface area contributed by atoms with E-state index in [9.17, 15) is 0 Å². The molecule has 0 aromatic carbocycles. The molecule has 158 valence electrons. The van der Waals surface area contributed by atoms with Crippen molar-refractivity contribution < 1.29 is 4.52 Å². The molecule has 4 saturated carbocycles. The van der Waals surface area contributed by atoms with Gasteiger partial charge in [0.05, 0.1) is 5.69 Å². The van der Waals surface area contributed by atoms with Gasteiger partial charge in [-0.3, -0.25) is 0 Å². The summed E-state index contributed by atoms with van der Waals surface area (Å²) in [6, 6.07) is 2.22. The van der Waals surface area contributed by atoms with E-state index < -0.39 is 0 Å². The molecule has 4 fully saturated rings. The molecule has 4 aliphatic carbocycles. The van der Waals surface area contributed by atoms with Gasteiger partial charge in [-0.25, -0.2) is 0 Å². The molecule has 0 spiro atoms. The first kappa shape index (κ1) is 21.5. The molecule has 4 heteroatoms. The van der Waals surface area contributed by atoms with Crippen LogP contribution in [0.2, 0.25) is 0 Å². The molecule has 2 nitrogen and oxygen atoms in total. The fraction of sp³-hybridized carbons (Fsp3) is 0.875. The van der Waals surface area contributed by atoms with E-state index in [1.54, 1.807) is 8.93 Å². The Morgan fingerprint density at radius 1 is 1.04 bits per heavy atom. The highest BCUT2D eigenvalue weighted by molar-refractivity contribution is 14.2. The highest BCUT2D eigenvalue weighted by atomic mass is 127. The van der Waals surface area contributed by atoms with Crippen LogP contribution in [0.15, 0.2) is 15.7 Å². The summed E-state index contributed by atoms with van der Waals surface area (Å²) >= 11 is 2.30. The zero-order valence-corrected chi connectivity index (χ0v) is 21.1. The lowest BCUT2D eigenvalue weighted by Gasteiger charge is -2.56. The summed E-state index contributed by atoms with van der Waals surface area (Å²) in [5.74, 6) is 6.68. The Balaban J connectivity index is 0.000000932. The Labute approximate surface area is 188 Å². The van der Waals surface area contributed by atoms with Crippen molar-refractivity contribution in [3.63, 3.8) is 0 Å². The van der Waals surface area contributed by atoms with E-state index in [0.717, 1.165) is 40.6 Å². The highest BCUT2D eigenvalue weighted by Crippen LogP contribution is 2.66. The SMILES string of the molecule is CC.CC1CCC2C(CCC3C2CCC2(C)C(c4cc(SI)on4)CCC32)C1. The second kappa shape index (κ2) is 8.80. The van der Waals surface area contributed by atoms with Gasteiger partial charge in [0, 0.05) is 33.2 Å². The van der Waals surface area contributed by atoms with Crippen LogP contribution >= 0.6 is 30.1 Å². The van der Waals surface area contributed by atoms with Crippen LogP contribution in [0.3, 0.4) is 0 Å². The van der Waals surface area contributed by atoms with E-state index in [2.05, 4.69) is 46.3 Å². The van der Waals surface area contributed by atoms with Crippen LogP contribution in [0.1, 0.15) is 97.1 Å². The van der Waals surface area contributed by atoms with Crippen LogP contribution in [0.25, 0.3) is 0 Å². The average molecular weight is 516 g/mol. The quantitative estimate of drug-likeness (QED) is 0.369. The molecule has 8 atom stereocenters. The first-order chi connectivity index (χ1) is 13.6. The Morgan fingerprint density at radius 3 is 2.57 bits per heavy atom. The zero-order valence-electron chi connectivity index (χ0n) is 18.1. The third-order valence-electron chi connectivity index (χ3n) is 9.16. The van der Waals surface area contributed by atoms with Gasteiger partial charge >= 0.3 is 0 Å². The molecular weight excluding hydrogens is 477 g/mol. The molecule has 4 aliphatic rings. The summed E-state index contributed by atoms with van der Waals surface area (Å²) in [4.78, 5) is 0. The lowest BCUT2D eigenvalue weighted by atomic mass is 9.49. The van der Waals surface area contributed by atoms with E-state index in [1.807, 2.05) is 13.8 Å². The standard InChI is InChI=1S/C22H32INOS.C2H6/c1-13-3-5-15-14(11-13)4-6-17-16(15)9-10-22(2)18(17)7-8-19(22)20-12-21(26-23)25-24-20;1-2/h12-19H,3-11H2,1-2H3;1-2H3. The fourth-order valence-electron chi connectivity index (χ4n) is 8.05. The molecule has 1 heterocycles. The van der Waals surface area contributed by atoms with Crippen molar-refractivity contribution in [3.05, 3.63) is 11.8 Å². The van der Waals surface area contributed by atoms with Crippen molar-refractivity contribution in [1.29, 1.82) is 0 Å². The maximum Gasteiger partial charge on any atom is 0.203 e. The zero-order chi connectivity index (χ0) is 19.9. The normalized spacial score (nSPS) is 44.7.